The molecule has 0 unspecified atom stereocenters. The van der Waals surface area contributed by atoms with Gasteiger partial charge in [-0.3, -0.25) is 0 Å². The first kappa shape index (κ1) is 16.5. The lowest BCUT2D eigenvalue weighted by Crippen LogP contribution is -2.34. The summed E-state index contributed by atoms with van der Waals surface area (Å²) >= 11 is 5.93. The third-order valence-electron chi connectivity index (χ3n) is 3.35. The Bertz CT molecular complexity index is 504. The monoisotopic (exact) mass is 303 g/mol. The van der Waals surface area contributed by atoms with E-state index in [1.165, 1.54) is 6.07 Å². The molecule has 0 fully saturated rings. The number of benzene rings is 1. The Labute approximate surface area is 121 Å². The number of halogens is 1. The minimum atomic E-state index is -3.53. The van der Waals surface area contributed by atoms with Crippen molar-refractivity contribution in [3.63, 3.8) is 0 Å². The van der Waals surface area contributed by atoms with Crippen LogP contribution in [0.2, 0.25) is 5.02 Å². The van der Waals surface area contributed by atoms with E-state index in [4.69, 9.17) is 11.6 Å². The van der Waals surface area contributed by atoms with Crippen molar-refractivity contribution in [1.29, 1.82) is 0 Å². The quantitative estimate of drug-likeness (QED) is 0.873. The Morgan fingerprint density at radius 3 is 2.11 bits per heavy atom. The Balaban J connectivity index is 2.84. The summed E-state index contributed by atoms with van der Waals surface area (Å²) in [5.41, 5.74) is 0. The van der Waals surface area contributed by atoms with E-state index in [9.17, 15) is 8.42 Å². The van der Waals surface area contributed by atoms with Gasteiger partial charge in [-0.15, -0.1) is 0 Å². The van der Waals surface area contributed by atoms with Gasteiger partial charge in [0.15, 0.2) is 0 Å². The molecule has 0 atom stereocenters. The second kappa shape index (κ2) is 6.73. The van der Waals surface area contributed by atoms with E-state index in [-0.39, 0.29) is 9.92 Å². The summed E-state index contributed by atoms with van der Waals surface area (Å²) in [6.07, 6.45) is 0. The van der Waals surface area contributed by atoms with Gasteiger partial charge in [-0.1, -0.05) is 51.4 Å². The van der Waals surface area contributed by atoms with Crippen molar-refractivity contribution in [2.45, 2.75) is 32.6 Å². The van der Waals surface area contributed by atoms with E-state index in [0.717, 1.165) is 0 Å². The first-order chi connectivity index (χ1) is 8.75. The minimum absolute atomic E-state index is 0.142. The highest BCUT2D eigenvalue weighted by atomic mass is 35.5. The van der Waals surface area contributed by atoms with E-state index in [1.54, 1.807) is 18.2 Å². The van der Waals surface area contributed by atoms with Crippen LogP contribution in [-0.2, 0) is 10.0 Å². The molecule has 0 radical (unpaired) electrons. The Morgan fingerprint density at radius 2 is 1.63 bits per heavy atom. The molecule has 0 amide bonds. The standard InChI is InChI=1S/C14H22ClNO2S/c1-10(2)12(11(3)4)9-16-19(17,18)14-8-6-5-7-13(14)15/h5-8,10-12,16H,9H2,1-4H3. The predicted octanol–water partition coefficient (Wildman–Crippen LogP) is 3.55. The molecule has 0 aromatic heterocycles. The molecule has 0 saturated heterocycles. The van der Waals surface area contributed by atoms with Crippen LogP contribution in [0.3, 0.4) is 0 Å². The maximum atomic E-state index is 12.2. The molecular weight excluding hydrogens is 282 g/mol. The lowest BCUT2D eigenvalue weighted by atomic mass is 9.86. The molecule has 0 aliphatic carbocycles. The first-order valence-electron chi connectivity index (χ1n) is 6.50. The van der Waals surface area contributed by atoms with Crippen molar-refractivity contribution in [1.82, 2.24) is 4.72 Å². The molecule has 1 N–H and O–H groups in total. The van der Waals surface area contributed by atoms with Gasteiger partial charge in [0.25, 0.3) is 0 Å². The molecule has 1 aromatic rings. The minimum Gasteiger partial charge on any atom is -0.211 e. The third kappa shape index (κ3) is 4.48. The fourth-order valence-corrected chi connectivity index (χ4v) is 3.78. The zero-order chi connectivity index (χ0) is 14.6. The summed E-state index contributed by atoms with van der Waals surface area (Å²) in [6, 6.07) is 6.48. The van der Waals surface area contributed by atoms with Crippen LogP contribution >= 0.6 is 11.6 Å². The van der Waals surface area contributed by atoms with Crippen LogP contribution in [0.1, 0.15) is 27.7 Å². The molecule has 108 valence electrons. The van der Waals surface area contributed by atoms with Crippen LogP contribution < -0.4 is 4.72 Å². The van der Waals surface area contributed by atoms with Crippen molar-refractivity contribution in [3.8, 4) is 0 Å². The van der Waals surface area contributed by atoms with Crippen LogP contribution in [0.4, 0.5) is 0 Å². The van der Waals surface area contributed by atoms with Crippen molar-refractivity contribution >= 4 is 21.6 Å². The van der Waals surface area contributed by atoms with Crippen molar-refractivity contribution in [3.05, 3.63) is 29.3 Å². The van der Waals surface area contributed by atoms with Gasteiger partial charge < -0.3 is 0 Å². The molecule has 0 heterocycles. The zero-order valence-electron chi connectivity index (χ0n) is 11.9. The fraction of sp³-hybridized carbons (Fsp3) is 0.571. The molecule has 1 rings (SSSR count). The largest absolute Gasteiger partial charge is 0.242 e. The molecule has 0 aliphatic heterocycles. The summed E-state index contributed by atoms with van der Waals surface area (Å²) < 4.78 is 27.1. The van der Waals surface area contributed by atoms with Gasteiger partial charge in [-0.05, 0) is 29.9 Å². The maximum absolute atomic E-state index is 12.2. The lowest BCUT2D eigenvalue weighted by molar-refractivity contribution is 0.289. The number of hydrogen-bond donors (Lipinski definition) is 1. The van der Waals surface area contributed by atoms with E-state index in [0.29, 0.717) is 24.3 Å². The van der Waals surface area contributed by atoms with Gasteiger partial charge in [0.05, 0.1) is 5.02 Å². The second-order valence-electron chi connectivity index (χ2n) is 5.43. The van der Waals surface area contributed by atoms with Crippen molar-refractivity contribution in [2.75, 3.05) is 6.54 Å². The molecule has 0 saturated carbocycles. The zero-order valence-corrected chi connectivity index (χ0v) is 13.4. The summed E-state index contributed by atoms with van der Waals surface area (Å²) in [5, 5.41) is 0.251. The van der Waals surface area contributed by atoms with Crippen molar-refractivity contribution < 1.29 is 8.42 Å². The topological polar surface area (TPSA) is 46.2 Å². The number of nitrogens with one attached hydrogen (secondary N) is 1. The maximum Gasteiger partial charge on any atom is 0.242 e. The Hall–Kier alpha value is -0.580. The third-order valence-corrected chi connectivity index (χ3v) is 5.27. The molecule has 0 bridgehead atoms. The van der Waals surface area contributed by atoms with Gasteiger partial charge in [-0.2, -0.15) is 0 Å². The highest BCUT2D eigenvalue weighted by Gasteiger charge is 2.22. The molecule has 19 heavy (non-hydrogen) atoms. The molecule has 3 nitrogen and oxygen atoms in total. The normalized spacial score (nSPS) is 12.6. The predicted molar refractivity (Wildman–Crippen MR) is 79.8 cm³/mol. The van der Waals surface area contributed by atoms with Crippen LogP contribution in [0.5, 0.6) is 0 Å². The van der Waals surface area contributed by atoms with Crippen LogP contribution in [0.25, 0.3) is 0 Å². The average Bonchev–Trinajstić information content (AvgIpc) is 2.28. The smallest absolute Gasteiger partial charge is 0.211 e. The van der Waals surface area contributed by atoms with E-state index in [2.05, 4.69) is 32.4 Å². The van der Waals surface area contributed by atoms with E-state index < -0.39 is 10.0 Å². The number of sulfonamides is 1. The van der Waals surface area contributed by atoms with E-state index in [1.807, 2.05) is 0 Å². The van der Waals surface area contributed by atoms with Gasteiger partial charge in [0, 0.05) is 6.54 Å². The molecule has 0 spiro atoms. The molecule has 5 heteroatoms. The average molecular weight is 304 g/mol. The van der Waals surface area contributed by atoms with Crippen LogP contribution in [-0.4, -0.2) is 15.0 Å². The molecule has 0 aliphatic rings. The Morgan fingerprint density at radius 1 is 1.11 bits per heavy atom. The highest BCUT2D eigenvalue weighted by Crippen LogP contribution is 2.23. The first-order valence-corrected chi connectivity index (χ1v) is 8.36. The van der Waals surface area contributed by atoms with Crippen molar-refractivity contribution in [2.24, 2.45) is 17.8 Å². The SMILES string of the molecule is CC(C)C(CNS(=O)(=O)c1ccccc1Cl)C(C)C. The summed E-state index contributed by atoms with van der Waals surface area (Å²) in [7, 11) is -3.53. The van der Waals surface area contributed by atoms with Gasteiger partial charge in [-0.25, -0.2) is 13.1 Å². The van der Waals surface area contributed by atoms with Crippen LogP contribution in [0, 0.1) is 17.8 Å². The van der Waals surface area contributed by atoms with Gasteiger partial charge >= 0.3 is 0 Å². The molecule has 1 aromatic carbocycles. The fourth-order valence-electron chi connectivity index (χ4n) is 2.19. The molecular formula is C14H22ClNO2S. The summed E-state index contributed by atoms with van der Waals surface area (Å²) in [4.78, 5) is 0.142. The van der Waals surface area contributed by atoms with Gasteiger partial charge in [0.1, 0.15) is 4.90 Å². The lowest BCUT2D eigenvalue weighted by Gasteiger charge is -2.25. The summed E-state index contributed by atoms with van der Waals surface area (Å²) in [5.74, 6) is 1.15. The van der Waals surface area contributed by atoms with E-state index >= 15 is 0 Å². The number of rotatable bonds is 6. The number of hydrogen-bond acceptors (Lipinski definition) is 2. The summed E-state index contributed by atoms with van der Waals surface area (Å²) in [6.45, 7) is 8.86. The van der Waals surface area contributed by atoms with Crippen LogP contribution in [0.15, 0.2) is 29.2 Å². The van der Waals surface area contributed by atoms with Gasteiger partial charge in [0.2, 0.25) is 10.0 Å². The highest BCUT2D eigenvalue weighted by molar-refractivity contribution is 7.89. The Kier molecular flexibility index (Phi) is 5.83. The second-order valence-corrected chi connectivity index (χ2v) is 7.58.